The molecule has 0 bridgehead atoms. The van der Waals surface area contributed by atoms with E-state index >= 15 is 0 Å². The summed E-state index contributed by atoms with van der Waals surface area (Å²) in [7, 11) is 0. The summed E-state index contributed by atoms with van der Waals surface area (Å²) < 4.78 is 12.2. The Hall–Kier alpha value is -1.19. The van der Waals surface area contributed by atoms with E-state index in [-0.39, 0.29) is 12.0 Å². The number of halogens is 1. The molecule has 0 unspecified atom stereocenters. The first-order chi connectivity index (χ1) is 6.63. The van der Waals surface area contributed by atoms with Crippen molar-refractivity contribution in [2.45, 2.75) is 32.7 Å². The molecule has 1 N–H and O–H groups in total. The number of hydrogen-bond donors (Lipinski definition) is 1. The maximum atomic E-state index is 12.2. The lowest BCUT2D eigenvalue weighted by Crippen LogP contribution is -2.18. The van der Waals surface area contributed by atoms with Crippen LogP contribution in [0.5, 0.6) is 0 Å². The van der Waals surface area contributed by atoms with Gasteiger partial charge in [0.1, 0.15) is 18.3 Å². The van der Waals surface area contributed by atoms with Crippen molar-refractivity contribution in [1.82, 2.24) is 9.97 Å². The highest BCUT2D eigenvalue weighted by atomic mass is 19.1. The first kappa shape index (κ1) is 10.9. The molecular formula is C10H16FN3. The summed E-state index contributed by atoms with van der Waals surface area (Å²) in [5, 5.41) is 2.96. The quantitative estimate of drug-likeness (QED) is 0.805. The summed E-state index contributed by atoms with van der Waals surface area (Å²) in [5.41, 5.74) is 0. The van der Waals surface area contributed by atoms with Gasteiger partial charge >= 0.3 is 0 Å². The number of hydrogen-bond acceptors (Lipinski definition) is 3. The van der Waals surface area contributed by atoms with Gasteiger partial charge in [0.25, 0.3) is 0 Å². The number of anilines is 1. The molecule has 0 aliphatic rings. The van der Waals surface area contributed by atoms with Crippen LogP contribution in [0.4, 0.5) is 10.2 Å². The largest absolute Gasteiger partial charge is 0.365 e. The van der Waals surface area contributed by atoms with Crippen LogP contribution in [0, 0.1) is 0 Å². The van der Waals surface area contributed by atoms with Gasteiger partial charge < -0.3 is 5.32 Å². The minimum Gasteiger partial charge on any atom is -0.365 e. The van der Waals surface area contributed by atoms with Gasteiger partial charge in [-0.1, -0.05) is 13.8 Å². The summed E-state index contributed by atoms with van der Waals surface area (Å²) in [6, 6.07) is 1.54. The topological polar surface area (TPSA) is 37.8 Å². The third-order valence-corrected chi connectivity index (χ3v) is 1.82. The Kier molecular flexibility index (Phi) is 3.80. The van der Waals surface area contributed by atoms with Gasteiger partial charge in [-0.15, -0.1) is 0 Å². The van der Waals surface area contributed by atoms with E-state index in [0.29, 0.717) is 5.82 Å². The van der Waals surface area contributed by atoms with Crippen LogP contribution in [0.3, 0.4) is 0 Å². The predicted octanol–water partition coefficient (Wildman–Crippen LogP) is 2.37. The second kappa shape index (κ2) is 4.88. The van der Waals surface area contributed by atoms with E-state index in [9.17, 15) is 4.39 Å². The number of nitrogens with zero attached hydrogens (tertiary/aromatic N) is 2. The number of aromatic nitrogens is 2. The highest BCUT2D eigenvalue weighted by Crippen LogP contribution is 2.11. The molecule has 0 spiro atoms. The Morgan fingerprint density at radius 1 is 1.43 bits per heavy atom. The van der Waals surface area contributed by atoms with Gasteiger partial charge in [0, 0.05) is 12.1 Å². The van der Waals surface area contributed by atoms with E-state index in [1.807, 2.05) is 13.8 Å². The van der Waals surface area contributed by atoms with Gasteiger partial charge in [-0.05, 0) is 13.0 Å². The Morgan fingerprint density at radius 3 is 2.71 bits per heavy atom. The molecule has 0 radical (unpaired) electrons. The lowest BCUT2D eigenvalue weighted by Gasteiger charge is -2.11. The van der Waals surface area contributed by atoms with Gasteiger partial charge in [0.15, 0.2) is 0 Å². The second-order valence-corrected chi connectivity index (χ2v) is 3.65. The van der Waals surface area contributed by atoms with Crippen molar-refractivity contribution < 1.29 is 4.39 Å². The summed E-state index contributed by atoms with van der Waals surface area (Å²) in [5.74, 6) is 1.76. The van der Waals surface area contributed by atoms with Crippen LogP contribution in [0.2, 0.25) is 0 Å². The Labute approximate surface area is 83.8 Å². The van der Waals surface area contributed by atoms with E-state index < -0.39 is 6.67 Å². The lowest BCUT2D eigenvalue weighted by atomic mass is 10.2. The smallest absolute Gasteiger partial charge is 0.133 e. The molecule has 0 aliphatic heterocycles. The minimum atomic E-state index is -0.402. The minimum absolute atomic E-state index is 0.204. The number of nitrogens with one attached hydrogen (secondary N) is 1. The molecule has 1 heterocycles. The van der Waals surface area contributed by atoms with Gasteiger partial charge in [-0.25, -0.2) is 14.4 Å². The Balaban J connectivity index is 2.73. The van der Waals surface area contributed by atoms with Gasteiger partial charge in [0.05, 0.1) is 6.04 Å². The molecule has 1 rings (SSSR count). The zero-order chi connectivity index (χ0) is 10.6. The number of alkyl halides is 1. The summed E-state index contributed by atoms with van der Waals surface area (Å²) >= 11 is 0. The zero-order valence-corrected chi connectivity index (χ0v) is 8.79. The van der Waals surface area contributed by atoms with Crippen LogP contribution < -0.4 is 5.32 Å². The molecule has 1 aromatic rings. The second-order valence-electron chi connectivity index (χ2n) is 3.65. The maximum Gasteiger partial charge on any atom is 0.133 e. The van der Waals surface area contributed by atoms with Gasteiger partial charge in [-0.3, -0.25) is 0 Å². The highest BCUT2D eigenvalue weighted by molar-refractivity contribution is 5.34. The third-order valence-electron chi connectivity index (χ3n) is 1.82. The fraction of sp³-hybridized carbons (Fsp3) is 0.600. The van der Waals surface area contributed by atoms with E-state index in [2.05, 4.69) is 15.3 Å². The molecule has 0 aromatic carbocycles. The molecule has 78 valence electrons. The van der Waals surface area contributed by atoms with Crippen molar-refractivity contribution in [1.29, 1.82) is 0 Å². The monoisotopic (exact) mass is 197 g/mol. The first-order valence-electron chi connectivity index (χ1n) is 4.79. The average molecular weight is 197 g/mol. The van der Waals surface area contributed by atoms with Crippen molar-refractivity contribution >= 4 is 5.82 Å². The highest BCUT2D eigenvalue weighted by Gasteiger charge is 2.05. The van der Waals surface area contributed by atoms with Gasteiger partial charge in [-0.2, -0.15) is 0 Å². The standard InChI is InChI=1S/C10H16FN3/c1-7(2)10-12-5-4-9(14-10)13-8(3)6-11/h4-5,7-8H,6H2,1-3H3,(H,12,13,14)/t8-/m0/s1. The maximum absolute atomic E-state index is 12.2. The summed E-state index contributed by atoms with van der Waals surface area (Å²) in [6.45, 7) is 5.42. The van der Waals surface area contributed by atoms with E-state index in [4.69, 9.17) is 0 Å². The van der Waals surface area contributed by atoms with E-state index in [1.165, 1.54) is 0 Å². The van der Waals surface area contributed by atoms with Crippen molar-refractivity contribution in [3.8, 4) is 0 Å². The van der Waals surface area contributed by atoms with Crippen molar-refractivity contribution in [3.63, 3.8) is 0 Å². The summed E-state index contributed by atoms with van der Waals surface area (Å²) in [4.78, 5) is 8.40. The average Bonchev–Trinajstić information content (AvgIpc) is 2.18. The molecule has 1 atom stereocenters. The molecule has 0 amide bonds. The fourth-order valence-electron chi connectivity index (χ4n) is 1.02. The molecule has 4 heteroatoms. The first-order valence-corrected chi connectivity index (χ1v) is 4.79. The number of rotatable bonds is 4. The molecule has 3 nitrogen and oxygen atoms in total. The lowest BCUT2D eigenvalue weighted by molar-refractivity contribution is 0.459. The van der Waals surface area contributed by atoms with Crippen LogP contribution in [0.25, 0.3) is 0 Å². The van der Waals surface area contributed by atoms with Crippen LogP contribution in [0.1, 0.15) is 32.5 Å². The molecule has 0 aliphatic carbocycles. The van der Waals surface area contributed by atoms with Crippen LogP contribution in [-0.4, -0.2) is 22.7 Å². The van der Waals surface area contributed by atoms with Crippen LogP contribution in [0.15, 0.2) is 12.3 Å². The summed E-state index contributed by atoms with van der Waals surface area (Å²) in [6.07, 6.45) is 1.69. The molecule has 1 aromatic heterocycles. The Morgan fingerprint density at radius 2 is 2.14 bits per heavy atom. The zero-order valence-electron chi connectivity index (χ0n) is 8.79. The molecular weight excluding hydrogens is 181 g/mol. The predicted molar refractivity (Wildman–Crippen MR) is 55.2 cm³/mol. The normalized spacial score (nSPS) is 12.9. The molecule has 14 heavy (non-hydrogen) atoms. The molecule has 0 fully saturated rings. The van der Waals surface area contributed by atoms with Crippen molar-refractivity contribution in [2.24, 2.45) is 0 Å². The van der Waals surface area contributed by atoms with Crippen LogP contribution in [-0.2, 0) is 0 Å². The van der Waals surface area contributed by atoms with Crippen LogP contribution >= 0.6 is 0 Å². The van der Waals surface area contributed by atoms with Gasteiger partial charge in [0.2, 0.25) is 0 Å². The van der Waals surface area contributed by atoms with E-state index in [1.54, 1.807) is 19.2 Å². The SMILES string of the molecule is CC(C)c1nccc(N[C@@H](C)CF)n1. The Bertz CT molecular complexity index is 288. The third kappa shape index (κ3) is 2.94. The molecule has 0 saturated carbocycles. The molecule has 0 saturated heterocycles. The van der Waals surface area contributed by atoms with E-state index in [0.717, 1.165) is 5.82 Å². The fourth-order valence-corrected chi connectivity index (χ4v) is 1.02. The van der Waals surface area contributed by atoms with Crippen molar-refractivity contribution in [2.75, 3.05) is 12.0 Å². The van der Waals surface area contributed by atoms with Crippen molar-refractivity contribution in [3.05, 3.63) is 18.1 Å².